The van der Waals surface area contributed by atoms with Gasteiger partial charge in [-0.2, -0.15) is 0 Å². The fraction of sp³-hybridized carbons (Fsp3) is 0.375. The van der Waals surface area contributed by atoms with Gasteiger partial charge in [-0.1, -0.05) is 18.2 Å². The molecule has 0 saturated carbocycles. The van der Waals surface area contributed by atoms with Crippen molar-refractivity contribution in [3.8, 4) is 17.1 Å². The van der Waals surface area contributed by atoms with Gasteiger partial charge >= 0.3 is 0 Å². The number of carbonyl (C=O) groups is 1. The number of hydrogen-bond donors (Lipinski definition) is 1. The Morgan fingerprint density at radius 3 is 2.86 bits per heavy atom. The van der Waals surface area contributed by atoms with Crippen LogP contribution in [0.2, 0.25) is 0 Å². The van der Waals surface area contributed by atoms with Gasteiger partial charge in [0.2, 0.25) is 11.8 Å². The van der Waals surface area contributed by atoms with Crippen LogP contribution >= 0.6 is 0 Å². The van der Waals surface area contributed by atoms with Gasteiger partial charge in [0.05, 0.1) is 47.7 Å². The van der Waals surface area contributed by atoms with Gasteiger partial charge in [0.15, 0.2) is 0 Å². The van der Waals surface area contributed by atoms with Crippen molar-refractivity contribution < 1.29 is 18.7 Å². The predicted octanol–water partition coefficient (Wildman–Crippen LogP) is 4.35. The number of fused-ring (bicyclic) bond motifs is 2. The molecular formula is C32H34FN7O3. The second-order valence-electron chi connectivity index (χ2n) is 11.4. The summed E-state index contributed by atoms with van der Waals surface area (Å²) in [5.74, 6) is 1.99. The van der Waals surface area contributed by atoms with Crippen LogP contribution in [0.5, 0.6) is 5.88 Å². The maximum Gasteiger partial charge on any atom is 0.243 e. The van der Waals surface area contributed by atoms with E-state index in [0.29, 0.717) is 42.1 Å². The smallest absolute Gasteiger partial charge is 0.243 e. The zero-order valence-electron chi connectivity index (χ0n) is 24.3. The lowest BCUT2D eigenvalue weighted by atomic mass is 10.1. The molecule has 1 N–H and O–H groups in total. The van der Waals surface area contributed by atoms with E-state index in [1.807, 2.05) is 46.7 Å². The predicted molar refractivity (Wildman–Crippen MR) is 160 cm³/mol. The van der Waals surface area contributed by atoms with Crippen molar-refractivity contribution in [3.05, 3.63) is 72.2 Å². The second kappa shape index (κ2) is 11.4. The van der Waals surface area contributed by atoms with E-state index in [4.69, 9.17) is 19.4 Å². The summed E-state index contributed by atoms with van der Waals surface area (Å²) in [5, 5.41) is 0.997. The molecular weight excluding hydrogens is 549 g/mol. The van der Waals surface area contributed by atoms with Crippen LogP contribution in [0.4, 0.5) is 4.39 Å². The van der Waals surface area contributed by atoms with Crippen LogP contribution in [0.25, 0.3) is 33.2 Å². The molecule has 1 amide bonds. The highest BCUT2D eigenvalue weighted by molar-refractivity contribution is 5.85. The number of carbonyl (C=O) groups excluding carboxylic acids is 1. The summed E-state index contributed by atoms with van der Waals surface area (Å²) in [7, 11) is 1.61. The Morgan fingerprint density at radius 2 is 2.02 bits per heavy atom. The molecule has 2 aliphatic heterocycles. The van der Waals surface area contributed by atoms with Crippen LogP contribution < -0.4 is 4.74 Å². The fourth-order valence-corrected chi connectivity index (χ4v) is 6.37. The molecule has 43 heavy (non-hydrogen) atoms. The molecule has 0 radical (unpaired) electrons. The number of H-pyrrole nitrogens is 1. The lowest BCUT2D eigenvalue weighted by Gasteiger charge is -2.41. The number of piperazine rings is 1. The molecule has 7 rings (SSSR count). The molecule has 0 spiro atoms. The van der Waals surface area contributed by atoms with E-state index in [-0.39, 0.29) is 24.3 Å². The zero-order chi connectivity index (χ0) is 29.5. The molecule has 2 aromatic carbocycles. The first-order valence-corrected chi connectivity index (χ1v) is 14.7. The molecule has 0 bridgehead atoms. The molecule has 3 aromatic heterocycles. The lowest BCUT2D eigenvalue weighted by molar-refractivity contribution is -0.137. The van der Waals surface area contributed by atoms with Crippen LogP contribution in [-0.4, -0.2) is 86.7 Å². The molecule has 2 fully saturated rings. The monoisotopic (exact) mass is 583 g/mol. The number of benzene rings is 2. The van der Waals surface area contributed by atoms with Crippen molar-refractivity contribution in [1.82, 2.24) is 34.3 Å². The summed E-state index contributed by atoms with van der Waals surface area (Å²) < 4.78 is 27.0. The summed E-state index contributed by atoms with van der Waals surface area (Å²) in [6.45, 7) is 6.43. The quantitative estimate of drug-likeness (QED) is 0.304. The van der Waals surface area contributed by atoms with Crippen LogP contribution in [0.1, 0.15) is 24.1 Å². The van der Waals surface area contributed by atoms with Gasteiger partial charge in [-0.05, 0) is 43.5 Å². The SMILES string of the molecule is COc1nc2ccccc2cc1-c1cnc(C2CN(CC3CCOC3)CCN2C(=O)Cn2c(C)nc3cc(F)ccc32)[nH]1. The highest BCUT2D eigenvalue weighted by atomic mass is 19.1. The van der Waals surface area contributed by atoms with E-state index in [1.54, 1.807) is 19.4 Å². The topological polar surface area (TPSA) is 101 Å². The maximum atomic E-state index is 14.0. The summed E-state index contributed by atoms with van der Waals surface area (Å²) in [5.41, 5.74) is 3.71. The fourth-order valence-electron chi connectivity index (χ4n) is 6.37. The zero-order valence-corrected chi connectivity index (χ0v) is 24.3. The van der Waals surface area contributed by atoms with Crippen molar-refractivity contribution in [1.29, 1.82) is 0 Å². The van der Waals surface area contributed by atoms with Gasteiger partial charge in [-0.3, -0.25) is 9.69 Å². The van der Waals surface area contributed by atoms with Crippen LogP contribution in [-0.2, 0) is 16.1 Å². The highest BCUT2D eigenvalue weighted by Crippen LogP contribution is 2.33. The number of para-hydroxylation sites is 1. The van der Waals surface area contributed by atoms with Gasteiger partial charge in [0.25, 0.3) is 0 Å². The van der Waals surface area contributed by atoms with Crippen molar-refractivity contribution in [2.24, 2.45) is 5.92 Å². The minimum absolute atomic E-state index is 0.0384. The van der Waals surface area contributed by atoms with Crippen molar-refractivity contribution in [3.63, 3.8) is 0 Å². The molecule has 2 atom stereocenters. The van der Waals surface area contributed by atoms with Crippen LogP contribution in [0, 0.1) is 18.7 Å². The third-order valence-corrected chi connectivity index (χ3v) is 8.60. The number of hydrogen-bond acceptors (Lipinski definition) is 7. The number of pyridine rings is 1. The lowest BCUT2D eigenvalue weighted by Crippen LogP contribution is -2.52. The summed E-state index contributed by atoms with van der Waals surface area (Å²) >= 11 is 0. The molecule has 10 nitrogen and oxygen atoms in total. The molecule has 2 saturated heterocycles. The van der Waals surface area contributed by atoms with E-state index in [9.17, 15) is 9.18 Å². The highest BCUT2D eigenvalue weighted by Gasteiger charge is 2.35. The molecule has 5 heterocycles. The van der Waals surface area contributed by atoms with Gasteiger partial charge in [-0.25, -0.2) is 19.3 Å². The number of methoxy groups -OCH3 is 1. The Bertz CT molecular complexity index is 1790. The van der Waals surface area contributed by atoms with Crippen molar-refractivity contribution >= 4 is 27.8 Å². The number of ether oxygens (including phenoxy) is 2. The summed E-state index contributed by atoms with van der Waals surface area (Å²) in [6.07, 6.45) is 2.84. The molecule has 2 aliphatic rings. The number of aromatic amines is 1. The Labute approximate surface area is 248 Å². The minimum atomic E-state index is -0.348. The number of nitrogens with zero attached hydrogens (tertiary/aromatic N) is 6. The number of halogens is 1. The Balaban J connectivity index is 1.20. The average Bonchev–Trinajstić information content (AvgIpc) is 3.77. The van der Waals surface area contributed by atoms with Crippen LogP contribution in [0.15, 0.2) is 54.7 Å². The minimum Gasteiger partial charge on any atom is -0.480 e. The number of aryl methyl sites for hydroxylation is 1. The van der Waals surface area contributed by atoms with E-state index in [1.165, 1.54) is 12.1 Å². The Hall–Kier alpha value is -4.35. The Kier molecular flexibility index (Phi) is 7.28. The first-order valence-electron chi connectivity index (χ1n) is 14.7. The first-order chi connectivity index (χ1) is 21.0. The van der Waals surface area contributed by atoms with Crippen molar-refractivity contribution in [2.45, 2.75) is 25.9 Å². The third-order valence-electron chi connectivity index (χ3n) is 8.60. The summed E-state index contributed by atoms with van der Waals surface area (Å²) in [4.78, 5) is 35.8. The third kappa shape index (κ3) is 5.34. The van der Waals surface area contributed by atoms with E-state index in [0.717, 1.165) is 60.4 Å². The number of nitrogens with one attached hydrogen (secondary N) is 1. The number of aromatic nitrogens is 5. The molecule has 5 aromatic rings. The van der Waals surface area contributed by atoms with E-state index >= 15 is 0 Å². The maximum absolute atomic E-state index is 14.0. The summed E-state index contributed by atoms with van der Waals surface area (Å²) in [6, 6.07) is 14.2. The largest absolute Gasteiger partial charge is 0.480 e. The number of amides is 1. The number of rotatable bonds is 7. The standard InChI is InChI=1S/C32H34FN7O3/c1-20-35-26-14-23(33)7-8-28(26)40(20)18-30(41)39-11-10-38(16-21-9-12-43-19-21)17-29(39)31-34-15-27(36-31)24-13-22-5-3-4-6-25(22)37-32(24)42-2/h3-8,13-15,21,29H,9-12,16-19H2,1-2H3,(H,34,36). The molecule has 11 heteroatoms. The van der Waals surface area contributed by atoms with Gasteiger partial charge in [0, 0.05) is 44.2 Å². The van der Waals surface area contributed by atoms with Gasteiger partial charge < -0.3 is 23.9 Å². The normalized spacial score (nSPS) is 19.5. The van der Waals surface area contributed by atoms with Crippen LogP contribution in [0.3, 0.4) is 0 Å². The average molecular weight is 584 g/mol. The van der Waals surface area contributed by atoms with Gasteiger partial charge in [0.1, 0.15) is 30.1 Å². The first kappa shape index (κ1) is 27.5. The van der Waals surface area contributed by atoms with Gasteiger partial charge in [-0.15, -0.1) is 0 Å². The second-order valence-corrected chi connectivity index (χ2v) is 11.4. The number of imidazole rings is 2. The van der Waals surface area contributed by atoms with Crippen molar-refractivity contribution in [2.75, 3.05) is 46.5 Å². The molecule has 0 aliphatic carbocycles. The molecule has 2 unspecified atom stereocenters. The molecule has 222 valence electrons. The Morgan fingerprint density at radius 1 is 1.14 bits per heavy atom. The van der Waals surface area contributed by atoms with E-state index in [2.05, 4.69) is 14.9 Å². The van der Waals surface area contributed by atoms with E-state index < -0.39 is 0 Å².